The Kier molecular flexibility index (Phi) is 6.22. The summed E-state index contributed by atoms with van der Waals surface area (Å²) >= 11 is 0. The molecule has 5 aromatic rings. The second-order valence-electron chi connectivity index (χ2n) is 9.15. The van der Waals surface area contributed by atoms with E-state index in [1.54, 1.807) is 12.4 Å². The van der Waals surface area contributed by atoms with Gasteiger partial charge in [0.1, 0.15) is 11.1 Å². The third-order valence-electron chi connectivity index (χ3n) is 5.43. The normalized spacial score (nSPS) is 11.4. The summed E-state index contributed by atoms with van der Waals surface area (Å²) in [6.45, 7) is 7.09. The molecule has 2 aromatic carbocycles. The maximum atomic E-state index is 12.5. The molecule has 0 aliphatic carbocycles. The third kappa shape index (κ3) is 4.96. The predicted octanol–water partition coefficient (Wildman–Crippen LogP) is 4.56. The van der Waals surface area contributed by atoms with E-state index in [-0.39, 0.29) is 12.0 Å². The number of hydrogen-bond donors (Lipinski definition) is 2. The first-order chi connectivity index (χ1) is 16.6. The lowest BCUT2D eigenvalue weighted by atomic mass is 10.0. The number of aliphatic carboxylic acids is 1. The fraction of sp³-hybridized carbons (Fsp3) is 0.222. The van der Waals surface area contributed by atoms with E-state index in [1.165, 1.54) is 11.5 Å². The molecule has 0 bridgehead atoms. The SMILES string of the molecule is CC(C)(C)OC(=O)n1ccc2cc(-c3ccc4[nH]c(=O)c5[nH]ccc5c4c3)ccc21.CCC(=O)[O-]. The lowest BCUT2D eigenvalue weighted by Gasteiger charge is -2.19. The van der Waals surface area contributed by atoms with Crippen molar-refractivity contribution in [2.24, 2.45) is 0 Å². The summed E-state index contributed by atoms with van der Waals surface area (Å²) in [5.74, 6) is -0.995. The van der Waals surface area contributed by atoms with Gasteiger partial charge in [-0.15, -0.1) is 0 Å². The summed E-state index contributed by atoms with van der Waals surface area (Å²) < 4.78 is 7.01. The number of fused-ring (bicyclic) bond motifs is 4. The second kappa shape index (κ2) is 9.13. The Balaban J connectivity index is 0.000000527. The molecule has 35 heavy (non-hydrogen) atoms. The maximum absolute atomic E-state index is 12.5. The highest BCUT2D eigenvalue weighted by molar-refractivity contribution is 6.06. The van der Waals surface area contributed by atoms with Crippen LogP contribution in [0.5, 0.6) is 0 Å². The number of H-pyrrole nitrogens is 2. The molecule has 0 spiro atoms. The molecule has 2 N–H and O–H groups in total. The quantitative estimate of drug-likeness (QED) is 0.390. The van der Waals surface area contributed by atoms with Gasteiger partial charge in [0, 0.05) is 40.0 Å². The van der Waals surface area contributed by atoms with Gasteiger partial charge in [-0.2, -0.15) is 0 Å². The Morgan fingerprint density at radius 3 is 2.37 bits per heavy atom. The van der Waals surface area contributed by atoms with Crippen LogP contribution in [0, 0.1) is 0 Å². The summed E-state index contributed by atoms with van der Waals surface area (Å²) in [6.07, 6.45) is 3.23. The molecule has 0 atom stereocenters. The number of carboxylic acids is 1. The summed E-state index contributed by atoms with van der Waals surface area (Å²) in [4.78, 5) is 39.8. The fourth-order valence-electron chi connectivity index (χ4n) is 3.81. The zero-order valence-electron chi connectivity index (χ0n) is 20.0. The van der Waals surface area contributed by atoms with E-state index in [2.05, 4.69) is 22.1 Å². The molecule has 0 aliphatic heterocycles. The molecule has 0 radical (unpaired) electrons. The largest absolute Gasteiger partial charge is 0.550 e. The fourth-order valence-corrected chi connectivity index (χ4v) is 3.81. The summed E-state index contributed by atoms with van der Waals surface area (Å²) in [5, 5.41) is 12.1. The van der Waals surface area contributed by atoms with Crippen LogP contribution in [0.25, 0.3) is 43.8 Å². The Morgan fingerprint density at radius 2 is 1.69 bits per heavy atom. The van der Waals surface area contributed by atoms with E-state index in [0.29, 0.717) is 5.52 Å². The Labute approximate surface area is 201 Å². The molecule has 180 valence electrons. The van der Waals surface area contributed by atoms with Crippen LogP contribution in [0.15, 0.2) is 65.7 Å². The number of nitrogens with one attached hydrogen (secondary N) is 2. The van der Waals surface area contributed by atoms with Gasteiger partial charge < -0.3 is 24.6 Å². The van der Waals surface area contributed by atoms with Crippen molar-refractivity contribution in [2.75, 3.05) is 0 Å². The highest BCUT2D eigenvalue weighted by atomic mass is 16.6. The lowest BCUT2D eigenvalue weighted by molar-refractivity contribution is -0.305. The van der Waals surface area contributed by atoms with Gasteiger partial charge in [0.25, 0.3) is 5.56 Å². The average molecular weight is 473 g/mol. The second-order valence-corrected chi connectivity index (χ2v) is 9.15. The van der Waals surface area contributed by atoms with Gasteiger partial charge >= 0.3 is 6.09 Å². The molecule has 0 amide bonds. The standard InChI is InChI=1S/C24H21N3O3.C3H6O2/c1-24(2,3)30-23(29)27-11-9-16-12-14(5-7-20(16)27)15-4-6-19-18(13-15)17-8-10-25-21(17)22(28)26-19;1-2-3(4)5/h4-13,25H,1-3H3,(H,26,28);2H2,1H3,(H,4,5)/p-1. The number of aromatic amines is 2. The van der Waals surface area contributed by atoms with Gasteiger partial charge in [0.2, 0.25) is 0 Å². The zero-order valence-corrected chi connectivity index (χ0v) is 20.0. The topological polar surface area (TPSA) is 120 Å². The zero-order chi connectivity index (χ0) is 25.3. The van der Waals surface area contributed by atoms with Crippen molar-refractivity contribution >= 4 is 44.8 Å². The summed E-state index contributed by atoms with van der Waals surface area (Å²) in [5.41, 5.74) is 3.55. The van der Waals surface area contributed by atoms with Crippen LogP contribution in [-0.2, 0) is 9.53 Å². The number of pyridine rings is 1. The smallest absolute Gasteiger partial charge is 0.418 e. The van der Waals surface area contributed by atoms with Crippen LogP contribution >= 0.6 is 0 Å². The van der Waals surface area contributed by atoms with Crippen molar-refractivity contribution in [1.29, 1.82) is 0 Å². The van der Waals surface area contributed by atoms with E-state index in [4.69, 9.17) is 4.74 Å². The molecule has 0 saturated carbocycles. The Morgan fingerprint density at radius 1 is 1.00 bits per heavy atom. The molecule has 3 aromatic heterocycles. The Bertz CT molecular complexity index is 1620. The van der Waals surface area contributed by atoms with Crippen molar-refractivity contribution in [3.63, 3.8) is 0 Å². The van der Waals surface area contributed by atoms with Gasteiger partial charge in [-0.3, -0.25) is 9.36 Å². The molecule has 0 aliphatic rings. The summed E-state index contributed by atoms with van der Waals surface area (Å²) in [6, 6.07) is 15.8. The average Bonchev–Trinajstić information content (AvgIpc) is 3.46. The van der Waals surface area contributed by atoms with Crippen molar-refractivity contribution in [2.45, 2.75) is 39.7 Å². The number of carbonyl (C=O) groups excluding carboxylic acids is 2. The number of ether oxygens (including phenoxy) is 1. The number of hydrogen-bond acceptors (Lipinski definition) is 5. The van der Waals surface area contributed by atoms with Crippen molar-refractivity contribution in [3.05, 3.63) is 71.3 Å². The van der Waals surface area contributed by atoms with Gasteiger partial charge in [0.15, 0.2) is 0 Å². The van der Waals surface area contributed by atoms with Crippen molar-refractivity contribution in [3.8, 4) is 11.1 Å². The van der Waals surface area contributed by atoms with Crippen molar-refractivity contribution in [1.82, 2.24) is 14.5 Å². The van der Waals surface area contributed by atoms with Crippen LogP contribution in [0.4, 0.5) is 4.79 Å². The first-order valence-electron chi connectivity index (χ1n) is 11.2. The third-order valence-corrected chi connectivity index (χ3v) is 5.43. The van der Waals surface area contributed by atoms with Crippen LogP contribution in [0.2, 0.25) is 0 Å². The van der Waals surface area contributed by atoms with Gasteiger partial charge in [0.05, 0.1) is 5.52 Å². The molecule has 0 unspecified atom stereocenters. The van der Waals surface area contributed by atoms with Crippen LogP contribution in [-0.4, -0.2) is 32.2 Å². The van der Waals surface area contributed by atoms with E-state index in [0.717, 1.165) is 38.3 Å². The highest BCUT2D eigenvalue weighted by Gasteiger charge is 2.19. The van der Waals surface area contributed by atoms with Crippen LogP contribution in [0.1, 0.15) is 34.1 Å². The minimum atomic E-state index is -0.995. The van der Waals surface area contributed by atoms with Crippen molar-refractivity contribution < 1.29 is 19.4 Å². The number of nitrogens with zero attached hydrogens (tertiary/aromatic N) is 1. The van der Waals surface area contributed by atoms with E-state index in [1.807, 2.05) is 57.2 Å². The predicted molar refractivity (Wildman–Crippen MR) is 134 cm³/mol. The highest BCUT2D eigenvalue weighted by Crippen LogP contribution is 2.30. The number of carboxylic acid groups (broad SMARTS) is 1. The molecule has 8 heteroatoms. The minimum Gasteiger partial charge on any atom is -0.550 e. The van der Waals surface area contributed by atoms with E-state index in [9.17, 15) is 19.5 Å². The molecule has 0 saturated heterocycles. The first kappa shape index (κ1) is 23.8. The Hall–Kier alpha value is -4.33. The van der Waals surface area contributed by atoms with E-state index < -0.39 is 17.7 Å². The number of aromatic nitrogens is 3. The minimum absolute atomic E-state index is 0.111. The number of rotatable bonds is 2. The van der Waals surface area contributed by atoms with Gasteiger partial charge in [-0.25, -0.2) is 4.79 Å². The number of carbonyl (C=O) groups is 2. The monoisotopic (exact) mass is 472 g/mol. The molecular formula is C27H26N3O5-. The lowest BCUT2D eigenvalue weighted by Crippen LogP contribution is -2.26. The molecule has 5 rings (SSSR count). The maximum Gasteiger partial charge on any atom is 0.418 e. The van der Waals surface area contributed by atoms with E-state index >= 15 is 0 Å². The number of benzene rings is 2. The molecule has 3 heterocycles. The molecular weight excluding hydrogens is 446 g/mol. The van der Waals surface area contributed by atoms with Gasteiger partial charge in [-0.1, -0.05) is 19.1 Å². The van der Waals surface area contributed by atoms with Crippen LogP contribution in [0.3, 0.4) is 0 Å². The van der Waals surface area contributed by atoms with Crippen LogP contribution < -0.4 is 10.7 Å². The first-order valence-corrected chi connectivity index (χ1v) is 11.2. The molecule has 0 fully saturated rings. The summed E-state index contributed by atoms with van der Waals surface area (Å²) in [7, 11) is 0. The van der Waals surface area contributed by atoms with Gasteiger partial charge in [-0.05, 0) is 74.7 Å². The molecule has 8 nitrogen and oxygen atoms in total.